The van der Waals surface area contributed by atoms with Gasteiger partial charge in [0.1, 0.15) is 5.75 Å². The van der Waals surface area contributed by atoms with Crippen LogP contribution in [0.5, 0.6) is 5.75 Å². The number of benzene rings is 1. The smallest absolute Gasteiger partial charge is 0.261 e. The van der Waals surface area contributed by atoms with E-state index in [4.69, 9.17) is 22.8 Å². The highest BCUT2D eigenvalue weighted by Gasteiger charge is 2.16. The second kappa shape index (κ2) is 7.03. The molecule has 0 saturated heterocycles. The molecule has 0 aliphatic rings. The van der Waals surface area contributed by atoms with Crippen LogP contribution in [0.25, 0.3) is 0 Å². The van der Waals surface area contributed by atoms with Crippen LogP contribution in [0.3, 0.4) is 0 Å². The van der Waals surface area contributed by atoms with Gasteiger partial charge in [-0.25, -0.2) is 0 Å². The molecule has 1 aromatic rings. The van der Waals surface area contributed by atoms with Gasteiger partial charge in [0.2, 0.25) is 0 Å². The van der Waals surface area contributed by atoms with Crippen LogP contribution in [0.4, 0.5) is 0 Å². The zero-order valence-corrected chi connectivity index (χ0v) is 11.6. The first-order chi connectivity index (χ1) is 8.95. The Bertz CT molecular complexity index is 494. The first-order valence-electron chi connectivity index (χ1n) is 5.81. The van der Waals surface area contributed by atoms with E-state index in [9.17, 15) is 9.90 Å². The van der Waals surface area contributed by atoms with Gasteiger partial charge in [0.05, 0.1) is 17.7 Å². The molecule has 0 fully saturated rings. The van der Waals surface area contributed by atoms with E-state index in [0.29, 0.717) is 16.3 Å². The highest BCUT2D eigenvalue weighted by molar-refractivity contribution is 6.32. The van der Waals surface area contributed by atoms with Crippen LogP contribution in [0.2, 0.25) is 5.02 Å². The fourth-order valence-corrected chi connectivity index (χ4v) is 1.63. The Kier molecular flexibility index (Phi) is 5.68. The van der Waals surface area contributed by atoms with Crippen LogP contribution in [-0.2, 0) is 4.79 Å². The van der Waals surface area contributed by atoms with Crippen molar-refractivity contribution >= 4 is 17.5 Å². The number of hydrogen-bond acceptors (Lipinski definition) is 3. The Hall–Kier alpha value is -1.70. The molecule has 0 saturated carbocycles. The number of halogens is 1. The molecule has 4 nitrogen and oxygen atoms in total. The molecule has 0 aliphatic heterocycles. The van der Waals surface area contributed by atoms with Crippen molar-refractivity contribution in [2.24, 2.45) is 0 Å². The lowest BCUT2D eigenvalue weighted by Gasteiger charge is -2.16. The van der Waals surface area contributed by atoms with Gasteiger partial charge in [0.15, 0.2) is 6.10 Å². The molecule has 1 rings (SSSR count). The van der Waals surface area contributed by atoms with Crippen molar-refractivity contribution in [1.29, 1.82) is 0 Å². The van der Waals surface area contributed by atoms with Crippen molar-refractivity contribution < 1.29 is 14.6 Å². The number of carbonyl (C=O) groups excluding carboxylic acids is 1. The number of hydrogen-bond donors (Lipinski definition) is 2. The number of carbonyl (C=O) groups is 1. The van der Waals surface area contributed by atoms with E-state index in [0.717, 1.165) is 0 Å². The number of ether oxygens (including phenoxy) is 1. The second-order valence-corrected chi connectivity index (χ2v) is 4.46. The number of nitrogens with one attached hydrogen (secondary N) is 1. The summed E-state index contributed by atoms with van der Waals surface area (Å²) in [6.07, 6.45) is 3.73. The number of amides is 1. The van der Waals surface area contributed by atoms with E-state index >= 15 is 0 Å². The fraction of sp³-hybridized carbons (Fsp3) is 0.357. The minimum atomic E-state index is -0.705. The maximum atomic E-state index is 11.6. The molecule has 1 aromatic carbocycles. The predicted octanol–water partition coefficient (Wildman–Crippen LogP) is 1.91. The molecule has 1 amide bonds. The Morgan fingerprint density at radius 2 is 2.26 bits per heavy atom. The summed E-state index contributed by atoms with van der Waals surface area (Å²) in [4.78, 5) is 11.6. The van der Waals surface area contributed by atoms with Gasteiger partial charge in [-0.1, -0.05) is 23.6 Å². The summed E-state index contributed by atoms with van der Waals surface area (Å²) < 4.78 is 5.44. The maximum Gasteiger partial charge on any atom is 0.261 e. The normalized spacial score (nSPS) is 13.2. The molecule has 19 heavy (non-hydrogen) atoms. The largest absolute Gasteiger partial charge is 0.479 e. The van der Waals surface area contributed by atoms with Crippen molar-refractivity contribution in [2.75, 3.05) is 6.54 Å². The average Bonchev–Trinajstić information content (AvgIpc) is 2.37. The van der Waals surface area contributed by atoms with Gasteiger partial charge in [-0.05, 0) is 31.5 Å². The summed E-state index contributed by atoms with van der Waals surface area (Å²) >= 11 is 6.03. The molecule has 0 bridgehead atoms. The van der Waals surface area contributed by atoms with E-state index in [1.807, 2.05) is 0 Å². The standard InChI is InChI=1S/C14H16ClNO3/c1-4-7-16-14(18)10(3)19-13-6-5-11(9(2)17)8-12(13)15/h1,5-6,8-10,17H,7H2,2-3H3,(H,16,18). The molecule has 2 atom stereocenters. The third-order valence-corrected chi connectivity index (χ3v) is 2.77. The van der Waals surface area contributed by atoms with Crippen LogP contribution >= 0.6 is 11.6 Å². The summed E-state index contributed by atoms with van der Waals surface area (Å²) in [5, 5.41) is 12.3. The average molecular weight is 282 g/mol. The molecule has 0 aliphatic carbocycles. The van der Waals surface area contributed by atoms with Crippen molar-refractivity contribution in [1.82, 2.24) is 5.32 Å². The topological polar surface area (TPSA) is 58.6 Å². The van der Waals surface area contributed by atoms with Gasteiger partial charge in [-0.15, -0.1) is 6.42 Å². The third-order valence-electron chi connectivity index (χ3n) is 2.48. The predicted molar refractivity (Wildman–Crippen MR) is 74.0 cm³/mol. The number of aliphatic hydroxyl groups is 1. The molecule has 0 spiro atoms. The lowest BCUT2D eigenvalue weighted by Crippen LogP contribution is -2.36. The first-order valence-corrected chi connectivity index (χ1v) is 6.18. The van der Waals surface area contributed by atoms with Crippen molar-refractivity contribution in [3.8, 4) is 18.1 Å². The van der Waals surface area contributed by atoms with Crippen LogP contribution in [-0.4, -0.2) is 23.7 Å². The molecule has 0 aromatic heterocycles. The molecule has 102 valence electrons. The van der Waals surface area contributed by atoms with Gasteiger partial charge in [0.25, 0.3) is 5.91 Å². The van der Waals surface area contributed by atoms with Gasteiger partial charge in [-0.2, -0.15) is 0 Å². The SMILES string of the molecule is C#CCNC(=O)C(C)Oc1ccc(C(C)O)cc1Cl. The summed E-state index contributed by atoms with van der Waals surface area (Å²) in [5.74, 6) is 2.38. The number of terminal acetylenes is 1. The maximum absolute atomic E-state index is 11.6. The van der Waals surface area contributed by atoms with Gasteiger partial charge < -0.3 is 15.2 Å². The zero-order valence-electron chi connectivity index (χ0n) is 10.8. The Morgan fingerprint density at radius 1 is 1.58 bits per heavy atom. The van der Waals surface area contributed by atoms with E-state index in [1.165, 1.54) is 0 Å². The highest BCUT2D eigenvalue weighted by Crippen LogP contribution is 2.28. The van der Waals surface area contributed by atoms with E-state index < -0.39 is 12.2 Å². The molecular formula is C14H16ClNO3. The minimum absolute atomic E-state index is 0.154. The quantitative estimate of drug-likeness (QED) is 0.811. The summed E-state index contributed by atoms with van der Waals surface area (Å²) in [6.45, 7) is 3.40. The van der Waals surface area contributed by atoms with Crippen molar-refractivity contribution in [2.45, 2.75) is 26.1 Å². The first kappa shape index (κ1) is 15.4. The van der Waals surface area contributed by atoms with Gasteiger partial charge in [0, 0.05) is 0 Å². The zero-order chi connectivity index (χ0) is 14.4. The van der Waals surface area contributed by atoms with E-state index in [1.54, 1.807) is 32.0 Å². The van der Waals surface area contributed by atoms with Gasteiger partial charge >= 0.3 is 0 Å². The lowest BCUT2D eigenvalue weighted by atomic mass is 10.1. The lowest BCUT2D eigenvalue weighted by molar-refractivity contribution is -0.126. The Morgan fingerprint density at radius 3 is 2.79 bits per heavy atom. The molecule has 0 radical (unpaired) electrons. The third kappa shape index (κ3) is 4.47. The van der Waals surface area contributed by atoms with Crippen LogP contribution in [0.15, 0.2) is 18.2 Å². The number of aliphatic hydroxyl groups excluding tert-OH is 1. The Balaban J connectivity index is 2.72. The summed E-state index contributed by atoms with van der Waals surface area (Å²) in [7, 11) is 0. The molecule has 5 heteroatoms. The van der Waals surface area contributed by atoms with Crippen LogP contribution in [0, 0.1) is 12.3 Å². The van der Waals surface area contributed by atoms with Gasteiger partial charge in [-0.3, -0.25) is 4.79 Å². The van der Waals surface area contributed by atoms with Crippen LogP contribution in [0.1, 0.15) is 25.5 Å². The number of rotatable bonds is 5. The molecule has 2 unspecified atom stereocenters. The molecule has 0 heterocycles. The summed E-state index contributed by atoms with van der Waals surface area (Å²) in [5.41, 5.74) is 0.682. The van der Waals surface area contributed by atoms with Crippen molar-refractivity contribution in [3.05, 3.63) is 28.8 Å². The van der Waals surface area contributed by atoms with E-state index in [2.05, 4.69) is 11.2 Å². The van der Waals surface area contributed by atoms with E-state index in [-0.39, 0.29) is 12.5 Å². The Labute approximate surface area is 117 Å². The minimum Gasteiger partial charge on any atom is -0.479 e. The monoisotopic (exact) mass is 281 g/mol. The fourth-order valence-electron chi connectivity index (χ4n) is 1.40. The molecular weight excluding hydrogens is 266 g/mol. The van der Waals surface area contributed by atoms with Crippen LogP contribution < -0.4 is 10.1 Å². The van der Waals surface area contributed by atoms with Crippen molar-refractivity contribution in [3.63, 3.8) is 0 Å². The highest BCUT2D eigenvalue weighted by atomic mass is 35.5. The summed E-state index contributed by atoms with van der Waals surface area (Å²) in [6, 6.07) is 4.92. The molecule has 2 N–H and O–H groups in total. The second-order valence-electron chi connectivity index (χ2n) is 4.05.